The maximum Gasteiger partial charge on any atom is 0.277 e. The average molecular weight is 564 g/mol. The van der Waals surface area contributed by atoms with Crippen molar-refractivity contribution in [2.24, 2.45) is 16.7 Å². The molecule has 1 aromatic carbocycles. The first-order chi connectivity index (χ1) is 19.5. The summed E-state index contributed by atoms with van der Waals surface area (Å²) in [7, 11) is 3.12. The normalized spacial score (nSPS) is 41.0. The van der Waals surface area contributed by atoms with Crippen molar-refractivity contribution < 1.29 is 28.9 Å². The summed E-state index contributed by atoms with van der Waals surface area (Å²) in [6, 6.07) is 8.08. The number of fused-ring (bicyclic) bond motifs is 5. The summed E-state index contributed by atoms with van der Waals surface area (Å²) in [5.74, 6) is -0.279. The van der Waals surface area contributed by atoms with E-state index in [-0.39, 0.29) is 28.3 Å². The number of carbonyl (C=O) groups is 1. The number of hydrogen-bond acceptors (Lipinski definition) is 6. The minimum absolute atomic E-state index is 0.0678. The van der Waals surface area contributed by atoms with Crippen molar-refractivity contribution in [3.05, 3.63) is 58.7 Å². The lowest BCUT2D eigenvalue weighted by Crippen LogP contribution is -2.59. The molecule has 2 aliphatic heterocycles. The van der Waals surface area contributed by atoms with Crippen molar-refractivity contribution in [3.63, 3.8) is 0 Å². The van der Waals surface area contributed by atoms with Crippen LogP contribution in [0.4, 0.5) is 0 Å². The highest BCUT2D eigenvalue weighted by molar-refractivity contribution is 5.93. The van der Waals surface area contributed by atoms with Crippen LogP contribution in [0.25, 0.3) is 0 Å². The van der Waals surface area contributed by atoms with Gasteiger partial charge in [-0.2, -0.15) is 0 Å². The Morgan fingerprint density at radius 3 is 2.41 bits per heavy atom. The number of hydrogen-bond donors (Lipinski definition) is 1. The Bertz CT molecular complexity index is 1300. The molecule has 1 aromatic rings. The molecule has 0 unspecified atom stereocenters. The molecule has 3 saturated carbocycles. The van der Waals surface area contributed by atoms with Crippen LogP contribution in [0.2, 0.25) is 0 Å². The molecule has 1 amide bonds. The molecule has 6 atom stereocenters. The number of benzene rings is 1. The Labute approximate surface area is 243 Å². The molecule has 0 radical (unpaired) electrons. The van der Waals surface area contributed by atoms with E-state index < -0.39 is 11.4 Å². The molecule has 0 bridgehead atoms. The molecule has 222 valence electrons. The molecule has 0 aromatic heterocycles. The van der Waals surface area contributed by atoms with Gasteiger partial charge in [-0.1, -0.05) is 38.1 Å². The number of hydroxylamine groups is 2. The Hall–Kier alpha value is -2.03. The summed E-state index contributed by atoms with van der Waals surface area (Å²) in [4.78, 5) is 17.9. The van der Waals surface area contributed by atoms with E-state index in [4.69, 9.17) is 19.0 Å². The fourth-order valence-corrected chi connectivity index (χ4v) is 10.4. The number of rotatable bonds is 3. The number of aliphatic hydroxyl groups is 1. The van der Waals surface area contributed by atoms with Crippen molar-refractivity contribution in [2.45, 2.75) is 94.5 Å². The fraction of sp³-hybridized carbons (Fsp3) is 0.676. The van der Waals surface area contributed by atoms with Gasteiger partial charge in [0.25, 0.3) is 5.91 Å². The van der Waals surface area contributed by atoms with Crippen LogP contribution in [0.3, 0.4) is 0 Å². The van der Waals surface area contributed by atoms with E-state index in [1.165, 1.54) is 34.5 Å². The molecule has 5 fully saturated rings. The van der Waals surface area contributed by atoms with Gasteiger partial charge in [-0.3, -0.25) is 9.63 Å². The van der Waals surface area contributed by atoms with Crippen LogP contribution in [-0.4, -0.2) is 67.0 Å². The van der Waals surface area contributed by atoms with Crippen molar-refractivity contribution in [2.75, 3.05) is 34.0 Å². The molecule has 7 heteroatoms. The van der Waals surface area contributed by atoms with Gasteiger partial charge in [-0.05, 0) is 85.1 Å². The highest BCUT2D eigenvalue weighted by Crippen LogP contribution is 2.74. The van der Waals surface area contributed by atoms with Gasteiger partial charge in [-0.25, -0.2) is 5.06 Å². The molecule has 7 nitrogen and oxygen atoms in total. The zero-order valence-corrected chi connectivity index (χ0v) is 25.1. The van der Waals surface area contributed by atoms with E-state index in [2.05, 4.69) is 32.6 Å². The third kappa shape index (κ3) is 3.72. The van der Waals surface area contributed by atoms with Crippen LogP contribution in [0.1, 0.15) is 93.5 Å². The van der Waals surface area contributed by atoms with Crippen molar-refractivity contribution in [3.8, 4) is 0 Å². The molecule has 2 spiro atoms. The third-order valence-electron chi connectivity index (χ3n) is 12.4. The molecule has 1 N–H and O–H groups in total. The minimum Gasteiger partial charge on any atom is -0.385 e. The fourth-order valence-electron chi connectivity index (χ4n) is 10.4. The highest BCUT2D eigenvalue weighted by Gasteiger charge is 2.70. The predicted molar refractivity (Wildman–Crippen MR) is 154 cm³/mol. The maximum atomic E-state index is 12.8. The number of allylic oxidation sites excluding steroid dienone is 1. The summed E-state index contributed by atoms with van der Waals surface area (Å²) >= 11 is 0. The van der Waals surface area contributed by atoms with E-state index in [1.54, 1.807) is 7.05 Å². The van der Waals surface area contributed by atoms with E-state index in [0.29, 0.717) is 31.1 Å². The van der Waals surface area contributed by atoms with Gasteiger partial charge in [-0.15, -0.1) is 0 Å². The Morgan fingerprint density at radius 2 is 1.76 bits per heavy atom. The first-order valence-electron chi connectivity index (χ1n) is 15.5. The van der Waals surface area contributed by atoms with Crippen LogP contribution in [0.15, 0.2) is 47.6 Å². The molecule has 4 aliphatic carbocycles. The second-order valence-electron chi connectivity index (χ2n) is 14.0. The molecular formula is C34H45NO6. The van der Waals surface area contributed by atoms with E-state index in [9.17, 15) is 9.90 Å². The van der Waals surface area contributed by atoms with Gasteiger partial charge in [0, 0.05) is 36.8 Å². The topological polar surface area (TPSA) is 77.5 Å². The van der Waals surface area contributed by atoms with E-state index in [0.717, 1.165) is 58.0 Å². The molecular weight excluding hydrogens is 518 g/mol. The first-order valence-corrected chi connectivity index (χ1v) is 15.5. The summed E-state index contributed by atoms with van der Waals surface area (Å²) in [6.45, 7) is 11.4. The molecule has 2 saturated heterocycles. The quantitative estimate of drug-likeness (QED) is 0.376. The lowest BCUT2D eigenvalue weighted by atomic mass is 9.44. The Morgan fingerprint density at radius 1 is 1.02 bits per heavy atom. The summed E-state index contributed by atoms with van der Waals surface area (Å²) < 4.78 is 18.9. The number of carbonyl (C=O) groups excluding carboxylic acids is 1. The summed E-state index contributed by atoms with van der Waals surface area (Å²) in [6.07, 6.45) is 7.71. The van der Waals surface area contributed by atoms with Gasteiger partial charge in [0.1, 0.15) is 0 Å². The smallest absolute Gasteiger partial charge is 0.277 e. The van der Waals surface area contributed by atoms with Crippen LogP contribution >= 0.6 is 0 Å². The van der Waals surface area contributed by atoms with Gasteiger partial charge >= 0.3 is 0 Å². The van der Waals surface area contributed by atoms with Gasteiger partial charge in [0.2, 0.25) is 0 Å². The molecule has 41 heavy (non-hydrogen) atoms. The Balaban J connectivity index is 1.36. The molecule has 7 rings (SSSR count). The van der Waals surface area contributed by atoms with Gasteiger partial charge < -0.3 is 19.3 Å². The SMILES string of the molecule is C=C1CCO[C@]12CC[C@@H]1[C@]2(C)C[C@H](c2ccc(C(=O)N(C)OC)cc2)C2=C3CCC4(C[C@]3(O)CC[C@]21C)OCCO4. The van der Waals surface area contributed by atoms with Gasteiger partial charge in [0.05, 0.1) is 38.1 Å². The second-order valence-corrected chi connectivity index (χ2v) is 14.0. The number of ether oxygens (including phenoxy) is 3. The lowest BCUT2D eigenvalue weighted by Gasteiger charge is -2.62. The summed E-state index contributed by atoms with van der Waals surface area (Å²) in [5.41, 5.74) is 4.33. The molecule has 2 heterocycles. The lowest BCUT2D eigenvalue weighted by molar-refractivity contribution is -0.210. The maximum absolute atomic E-state index is 12.8. The van der Waals surface area contributed by atoms with Crippen LogP contribution in [-0.2, 0) is 19.0 Å². The van der Waals surface area contributed by atoms with Crippen molar-refractivity contribution in [1.82, 2.24) is 5.06 Å². The molecule has 6 aliphatic rings. The number of amides is 1. The van der Waals surface area contributed by atoms with Gasteiger partial charge in [0.15, 0.2) is 5.79 Å². The van der Waals surface area contributed by atoms with Crippen LogP contribution < -0.4 is 0 Å². The van der Waals surface area contributed by atoms with Crippen molar-refractivity contribution in [1.29, 1.82) is 0 Å². The first kappa shape index (κ1) is 27.8. The third-order valence-corrected chi connectivity index (χ3v) is 12.4. The standard InChI is InChI=1S/C34H45NO6/c1-22-12-17-41-34(22)14-11-27-30(2)15-16-32(37)21-33(39-18-19-40-33)13-10-26(32)28(30)25(20-31(27,34)3)23-6-8-24(9-7-23)29(36)35(4)38-5/h6-9,25,27,37H,1,10-21H2,2-5H3/t25-,27+,30+,31+,32-,34-/m1/s1. The zero-order chi connectivity index (χ0) is 28.8. The summed E-state index contributed by atoms with van der Waals surface area (Å²) in [5, 5.41) is 13.6. The van der Waals surface area contributed by atoms with E-state index >= 15 is 0 Å². The second kappa shape index (κ2) is 9.23. The number of nitrogens with zero attached hydrogens (tertiary/aromatic N) is 1. The van der Waals surface area contributed by atoms with E-state index in [1.807, 2.05) is 12.1 Å². The minimum atomic E-state index is -0.926. The largest absolute Gasteiger partial charge is 0.385 e. The predicted octanol–water partition coefficient (Wildman–Crippen LogP) is 5.69. The van der Waals surface area contributed by atoms with Crippen LogP contribution in [0.5, 0.6) is 0 Å². The van der Waals surface area contributed by atoms with Crippen LogP contribution in [0, 0.1) is 16.7 Å². The monoisotopic (exact) mass is 563 g/mol. The highest BCUT2D eigenvalue weighted by atomic mass is 16.7. The van der Waals surface area contributed by atoms with Crippen molar-refractivity contribution >= 4 is 5.91 Å². The Kier molecular flexibility index (Phi) is 6.26. The average Bonchev–Trinajstić information content (AvgIpc) is 3.66. The zero-order valence-electron chi connectivity index (χ0n) is 25.1.